The van der Waals surface area contributed by atoms with Gasteiger partial charge in [-0.25, -0.2) is 0 Å². The summed E-state index contributed by atoms with van der Waals surface area (Å²) in [5.41, 5.74) is 0.518. The molecule has 0 nitrogen and oxygen atoms in total. The summed E-state index contributed by atoms with van der Waals surface area (Å²) in [4.78, 5) is 0. The highest BCUT2D eigenvalue weighted by atomic mass is 14.3. The Labute approximate surface area is 110 Å². The van der Waals surface area contributed by atoms with Gasteiger partial charge in [0.15, 0.2) is 0 Å². The Morgan fingerprint density at radius 3 is 2.18 bits per heavy atom. The van der Waals surface area contributed by atoms with Gasteiger partial charge in [-0.1, -0.05) is 60.5 Å². The summed E-state index contributed by atoms with van der Waals surface area (Å²) in [6, 6.07) is 0. The maximum Gasteiger partial charge on any atom is -0.0213 e. The molecule has 0 saturated heterocycles. The van der Waals surface area contributed by atoms with Crippen molar-refractivity contribution >= 4 is 0 Å². The van der Waals surface area contributed by atoms with Crippen LogP contribution < -0.4 is 0 Å². The number of hydrogen-bond acceptors (Lipinski definition) is 0. The van der Waals surface area contributed by atoms with Crippen LogP contribution in [0, 0.1) is 23.2 Å². The topological polar surface area (TPSA) is 0 Å². The van der Waals surface area contributed by atoms with Gasteiger partial charge in [0.05, 0.1) is 0 Å². The van der Waals surface area contributed by atoms with E-state index in [1.54, 1.807) is 0 Å². The first-order valence-electron chi connectivity index (χ1n) is 7.45. The molecule has 0 aromatic heterocycles. The van der Waals surface area contributed by atoms with Crippen LogP contribution in [0.3, 0.4) is 0 Å². The van der Waals surface area contributed by atoms with E-state index in [1.165, 1.54) is 32.1 Å². The molecule has 0 aliphatic rings. The minimum atomic E-state index is 0.518. The first-order chi connectivity index (χ1) is 7.82. The van der Waals surface area contributed by atoms with E-state index in [1.807, 2.05) is 0 Å². The Kier molecular flexibility index (Phi) is 7.83. The van der Waals surface area contributed by atoms with Crippen molar-refractivity contribution in [3.63, 3.8) is 0 Å². The van der Waals surface area contributed by atoms with E-state index in [0.717, 1.165) is 11.8 Å². The van der Waals surface area contributed by atoms with E-state index in [4.69, 9.17) is 0 Å². The molecule has 0 fully saturated rings. The van der Waals surface area contributed by atoms with Crippen molar-refractivity contribution in [3.05, 3.63) is 12.7 Å². The highest BCUT2D eigenvalue weighted by Gasteiger charge is 2.20. The molecule has 0 radical (unpaired) electrons. The van der Waals surface area contributed by atoms with E-state index in [9.17, 15) is 0 Å². The minimum Gasteiger partial charge on any atom is -0.103 e. The van der Waals surface area contributed by atoms with E-state index in [2.05, 4.69) is 54.2 Å². The molecule has 102 valence electrons. The minimum absolute atomic E-state index is 0.518. The SMILES string of the molecule is C=CC(CC)C(C)CCCC(C)(C)CC(C)C. The van der Waals surface area contributed by atoms with Crippen LogP contribution in [0.5, 0.6) is 0 Å². The monoisotopic (exact) mass is 238 g/mol. The predicted octanol–water partition coefficient (Wildman–Crippen LogP) is 6.08. The zero-order valence-electron chi connectivity index (χ0n) is 13.1. The fraction of sp³-hybridized carbons (Fsp3) is 0.882. The van der Waals surface area contributed by atoms with Crippen molar-refractivity contribution in [1.82, 2.24) is 0 Å². The number of hydrogen-bond donors (Lipinski definition) is 0. The molecule has 0 aliphatic carbocycles. The summed E-state index contributed by atoms with van der Waals surface area (Å²) in [7, 11) is 0. The fourth-order valence-corrected chi connectivity index (χ4v) is 3.13. The van der Waals surface area contributed by atoms with Crippen molar-refractivity contribution in [2.24, 2.45) is 23.2 Å². The zero-order chi connectivity index (χ0) is 13.5. The Balaban J connectivity index is 3.93. The normalized spacial score (nSPS) is 15.9. The van der Waals surface area contributed by atoms with Gasteiger partial charge in [0.2, 0.25) is 0 Å². The lowest BCUT2D eigenvalue weighted by Gasteiger charge is -2.28. The molecule has 2 atom stereocenters. The largest absolute Gasteiger partial charge is 0.103 e. The second kappa shape index (κ2) is 7.95. The summed E-state index contributed by atoms with van der Waals surface area (Å²) in [6.45, 7) is 18.1. The predicted molar refractivity (Wildman–Crippen MR) is 80.2 cm³/mol. The van der Waals surface area contributed by atoms with Crippen LogP contribution in [-0.2, 0) is 0 Å². The standard InChI is InChI=1S/C17H34/c1-8-16(9-2)15(5)11-10-12-17(6,7)13-14(3)4/h8,14-16H,1,9-13H2,2-7H3. The maximum absolute atomic E-state index is 3.95. The van der Waals surface area contributed by atoms with Gasteiger partial charge in [0.25, 0.3) is 0 Å². The van der Waals surface area contributed by atoms with Crippen LogP contribution in [0.1, 0.15) is 73.6 Å². The third-order valence-corrected chi connectivity index (χ3v) is 3.98. The quantitative estimate of drug-likeness (QED) is 0.427. The van der Waals surface area contributed by atoms with E-state index in [-0.39, 0.29) is 0 Å². The van der Waals surface area contributed by atoms with E-state index >= 15 is 0 Å². The van der Waals surface area contributed by atoms with Crippen molar-refractivity contribution in [3.8, 4) is 0 Å². The zero-order valence-corrected chi connectivity index (χ0v) is 13.1. The van der Waals surface area contributed by atoms with Crippen LogP contribution in [0.4, 0.5) is 0 Å². The van der Waals surface area contributed by atoms with Gasteiger partial charge in [0, 0.05) is 0 Å². The van der Waals surface area contributed by atoms with Crippen molar-refractivity contribution in [1.29, 1.82) is 0 Å². The molecule has 2 unspecified atom stereocenters. The van der Waals surface area contributed by atoms with Crippen LogP contribution in [0.25, 0.3) is 0 Å². The smallest absolute Gasteiger partial charge is 0.0213 e. The summed E-state index contributed by atoms with van der Waals surface area (Å²) in [5.74, 6) is 2.33. The molecular weight excluding hydrogens is 204 g/mol. The summed E-state index contributed by atoms with van der Waals surface area (Å²) < 4.78 is 0. The maximum atomic E-state index is 3.95. The van der Waals surface area contributed by atoms with Crippen molar-refractivity contribution in [2.75, 3.05) is 0 Å². The highest BCUT2D eigenvalue weighted by molar-refractivity contribution is 4.82. The van der Waals surface area contributed by atoms with Gasteiger partial charge in [-0.05, 0) is 42.4 Å². The highest BCUT2D eigenvalue weighted by Crippen LogP contribution is 2.32. The van der Waals surface area contributed by atoms with Gasteiger partial charge < -0.3 is 0 Å². The Hall–Kier alpha value is -0.260. The molecule has 0 spiro atoms. The third-order valence-electron chi connectivity index (χ3n) is 3.98. The molecule has 0 N–H and O–H groups in total. The van der Waals surface area contributed by atoms with Crippen LogP contribution >= 0.6 is 0 Å². The summed E-state index contributed by atoms with van der Waals surface area (Å²) in [6.07, 6.45) is 8.81. The summed E-state index contributed by atoms with van der Waals surface area (Å²) >= 11 is 0. The van der Waals surface area contributed by atoms with E-state index < -0.39 is 0 Å². The van der Waals surface area contributed by atoms with Crippen LogP contribution in [0.2, 0.25) is 0 Å². The molecule has 0 bridgehead atoms. The second-order valence-corrected chi connectivity index (χ2v) is 6.94. The van der Waals surface area contributed by atoms with Gasteiger partial charge in [-0.15, -0.1) is 6.58 Å². The first kappa shape index (κ1) is 16.7. The van der Waals surface area contributed by atoms with Crippen molar-refractivity contribution < 1.29 is 0 Å². The fourth-order valence-electron chi connectivity index (χ4n) is 3.13. The second-order valence-electron chi connectivity index (χ2n) is 6.94. The molecule has 0 saturated carbocycles. The number of allylic oxidation sites excluding steroid dienone is 1. The lowest BCUT2D eigenvalue weighted by atomic mass is 9.78. The third kappa shape index (κ3) is 7.63. The Bertz CT molecular complexity index is 200. The molecular formula is C17H34. The van der Waals surface area contributed by atoms with Crippen LogP contribution in [-0.4, -0.2) is 0 Å². The summed E-state index contributed by atoms with van der Waals surface area (Å²) in [5, 5.41) is 0. The molecule has 0 amide bonds. The van der Waals surface area contributed by atoms with Gasteiger partial charge in [-0.2, -0.15) is 0 Å². The molecule has 0 rings (SSSR count). The Morgan fingerprint density at radius 2 is 1.76 bits per heavy atom. The average Bonchev–Trinajstić information content (AvgIpc) is 2.16. The molecule has 0 aromatic carbocycles. The lowest BCUT2D eigenvalue weighted by molar-refractivity contribution is 0.245. The average molecular weight is 238 g/mol. The molecule has 0 aromatic rings. The molecule has 0 aliphatic heterocycles. The first-order valence-corrected chi connectivity index (χ1v) is 7.45. The van der Waals surface area contributed by atoms with Gasteiger partial charge in [0.1, 0.15) is 0 Å². The molecule has 0 heteroatoms. The van der Waals surface area contributed by atoms with Gasteiger partial charge in [-0.3, -0.25) is 0 Å². The molecule has 0 heterocycles. The number of rotatable bonds is 9. The Morgan fingerprint density at radius 1 is 1.18 bits per heavy atom. The van der Waals surface area contributed by atoms with Crippen LogP contribution in [0.15, 0.2) is 12.7 Å². The van der Waals surface area contributed by atoms with Gasteiger partial charge >= 0.3 is 0 Å². The van der Waals surface area contributed by atoms with Crippen molar-refractivity contribution in [2.45, 2.75) is 73.6 Å². The van der Waals surface area contributed by atoms with E-state index in [0.29, 0.717) is 11.3 Å². The lowest BCUT2D eigenvalue weighted by Crippen LogP contribution is -2.15. The molecule has 17 heavy (non-hydrogen) atoms.